The molecule has 30 heavy (non-hydrogen) atoms. The monoisotopic (exact) mass is 419 g/mol. The van der Waals surface area contributed by atoms with Crippen molar-refractivity contribution in [1.82, 2.24) is 16.1 Å². The summed E-state index contributed by atoms with van der Waals surface area (Å²) in [5, 5.41) is 4.50. The number of rotatable bonds is 3. The van der Waals surface area contributed by atoms with Gasteiger partial charge in [0.2, 0.25) is 5.91 Å². The molecule has 1 aromatic carbocycles. The van der Waals surface area contributed by atoms with Crippen molar-refractivity contribution >= 4 is 29.8 Å². The number of nitrogens with one attached hydrogen (secondary N) is 3. The number of aldehydes is 1. The number of hydrogen-bond donors (Lipinski definition) is 4. The van der Waals surface area contributed by atoms with Crippen LogP contribution in [0.25, 0.3) is 0 Å². The highest BCUT2D eigenvalue weighted by Gasteiger charge is 2.53. The van der Waals surface area contributed by atoms with Crippen LogP contribution in [0.2, 0.25) is 0 Å². The van der Waals surface area contributed by atoms with Gasteiger partial charge in [-0.15, -0.1) is 0 Å². The van der Waals surface area contributed by atoms with Crippen LogP contribution in [0, 0.1) is 5.41 Å². The molecule has 4 amide bonds. The molecule has 1 aromatic rings. The van der Waals surface area contributed by atoms with Crippen molar-refractivity contribution in [1.29, 1.82) is 0 Å². The number of hydrazine groups is 1. The Morgan fingerprint density at radius 1 is 1.33 bits per heavy atom. The van der Waals surface area contributed by atoms with E-state index in [1.54, 1.807) is 18.2 Å². The maximum atomic E-state index is 12.9. The summed E-state index contributed by atoms with van der Waals surface area (Å²) in [6.45, 7) is 5.33. The van der Waals surface area contributed by atoms with Crippen LogP contribution in [0.1, 0.15) is 36.2 Å². The number of urea groups is 1. The average molecular weight is 419 g/mol. The number of carbonyl (C=O) groups is 4. The quantitative estimate of drug-likeness (QED) is 0.179. The zero-order valence-corrected chi connectivity index (χ0v) is 17.5. The summed E-state index contributed by atoms with van der Waals surface area (Å²) in [7, 11) is 1.38. The first-order chi connectivity index (χ1) is 14.4. The molecule has 2 atom stereocenters. The summed E-state index contributed by atoms with van der Waals surface area (Å²) >= 11 is 0. The highest BCUT2D eigenvalue weighted by molar-refractivity contribution is 6.06. The van der Waals surface area contributed by atoms with Gasteiger partial charge in [0.15, 0.2) is 0 Å². The summed E-state index contributed by atoms with van der Waals surface area (Å²) in [5.41, 5.74) is 2.31. The molecule has 0 aliphatic carbocycles. The van der Waals surface area contributed by atoms with Gasteiger partial charge in [-0.05, 0) is 30.2 Å². The lowest BCUT2D eigenvalue weighted by molar-refractivity contribution is -0.139. The van der Waals surface area contributed by atoms with Gasteiger partial charge in [0.05, 0.1) is 19.3 Å². The number of nitrogens with zero attached hydrogens (tertiary/aromatic N) is 1. The summed E-state index contributed by atoms with van der Waals surface area (Å²) in [6.07, 6.45) is 1.85. The Labute approximate surface area is 175 Å². The first-order valence-corrected chi connectivity index (χ1v) is 9.86. The second kappa shape index (κ2) is 10.2. The molecule has 164 valence electrons. The van der Waals surface area contributed by atoms with Crippen LogP contribution in [-0.2, 0) is 20.7 Å². The number of hydrogen-bond acceptors (Lipinski definition) is 7. The Morgan fingerprint density at radius 3 is 2.63 bits per heavy atom. The lowest BCUT2D eigenvalue weighted by Crippen LogP contribution is -2.65. The molecule has 2 aliphatic heterocycles. The first-order valence-electron chi connectivity index (χ1n) is 9.86. The highest BCUT2D eigenvalue weighted by Crippen LogP contribution is 2.42. The second-order valence-corrected chi connectivity index (χ2v) is 7.18. The van der Waals surface area contributed by atoms with Gasteiger partial charge in [0.1, 0.15) is 11.7 Å². The molecular formula is C20H29N5O5. The second-order valence-electron chi connectivity index (χ2n) is 7.18. The molecule has 0 aromatic heterocycles. The van der Waals surface area contributed by atoms with Gasteiger partial charge in [0, 0.05) is 24.8 Å². The van der Waals surface area contributed by atoms with Gasteiger partial charge in [-0.2, -0.15) is 0 Å². The fourth-order valence-electron chi connectivity index (χ4n) is 3.67. The Hall–Kier alpha value is -2.98. The van der Waals surface area contributed by atoms with E-state index in [-0.39, 0.29) is 13.0 Å². The van der Waals surface area contributed by atoms with Gasteiger partial charge in [-0.25, -0.2) is 10.6 Å². The normalized spacial score (nSPS) is 21.7. The maximum absolute atomic E-state index is 12.9. The summed E-state index contributed by atoms with van der Waals surface area (Å²) in [5.74, 6) is 4.00. The Bertz CT molecular complexity index is 815. The van der Waals surface area contributed by atoms with E-state index in [0.29, 0.717) is 30.6 Å². The van der Waals surface area contributed by atoms with Crippen molar-refractivity contribution in [3.63, 3.8) is 0 Å². The van der Waals surface area contributed by atoms with Gasteiger partial charge in [-0.1, -0.05) is 20.3 Å². The Kier molecular flexibility index (Phi) is 7.90. The van der Waals surface area contributed by atoms with Crippen molar-refractivity contribution in [2.24, 2.45) is 11.3 Å². The van der Waals surface area contributed by atoms with E-state index in [9.17, 15) is 19.2 Å². The number of anilines is 1. The average Bonchev–Trinajstić information content (AvgIpc) is 2.77. The summed E-state index contributed by atoms with van der Waals surface area (Å²) < 4.78 is 5.51. The molecule has 0 radical (unpaired) electrons. The number of ether oxygens (including phenoxy) is 1. The molecule has 0 saturated carbocycles. The van der Waals surface area contributed by atoms with Crippen molar-refractivity contribution in [3.8, 4) is 0 Å². The molecule has 3 rings (SSSR count). The smallest absolute Gasteiger partial charge is 0.321 e. The fraction of sp³-hybridized carbons (Fsp3) is 0.500. The molecule has 1 unspecified atom stereocenters. The number of carbonyl (C=O) groups excluding carboxylic acids is 4. The fourth-order valence-corrected chi connectivity index (χ4v) is 3.67. The molecule has 2 aliphatic rings. The first kappa shape index (κ1) is 23.3. The zero-order valence-electron chi connectivity index (χ0n) is 17.5. The van der Waals surface area contributed by atoms with Crippen LogP contribution in [0.15, 0.2) is 18.2 Å². The lowest BCUT2D eigenvalue weighted by Gasteiger charge is -2.49. The topological polar surface area (TPSA) is 143 Å². The van der Waals surface area contributed by atoms with Gasteiger partial charge in [-0.3, -0.25) is 20.3 Å². The number of fused-ring (bicyclic) bond motifs is 3. The van der Waals surface area contributed by atoms with E-state index >= 15 is 0 Å². The number of nitrogen functional groups attached to an aromatic ring is 1. The van der Waals surface area contributed by atoms with Crippen LogP contribution in [0.3, 0.4) is 0 Å². The molecule has 1 saturated heterocycles. The van der Waals surface area contributed by atoms with E-state index in [2.05, 4.69) is 29.9 Å². The molecule has 10 nitrogen and oxygen atoms in total. The van der Waals surface area contributed by atoms with Crippen molar-refractivity contribution < 1.29 is 23.9 Å². The predicted molar refractivity (Wildman–Crippen MR) is 111 cm³/mol. The van der Waals surface area contributed by atoms with Crippen LogP contribution in [0.5, 0.6) is 0 Å². The SMILES string of the molecule is CCC.CNC(=O)NC(=O)[C@]1(C=O)Cc2cc(C(=O)NN)ccc2N2CCOCC21. The maximum Gasteiger partial charge on any atom is 0.321 e. The molecule has 1 fully saturated rings. The van der Waals surface area contributed by atoms with E-state index in [0.717, 1.165) is 5.69 Å². The van der Waals surface area contributed by atoms with Crippen molar-refractivity contribution in [3.05, 3.63) is 29.3 Å². The summed E-state index contributed by atoms with van der Waals surface area (Å²) in [6, 6.07) is 3.74. The largest absolute Gasteiger partial charge is 0.377 e. The number of nitrogens with two attached hydrogens (primary N) is 1. The van der Waals surface area contributed by atoms with E-state index < -0.39 is 29.3 Å². The minimum Gasteiger partial charge on any atom is -0.377 e. The molecule has 0 bridgehead atoms. The number of amides is 4. The molecule has 0 spiro atoms. The number of benzene rings is 1. The highest BCUT2D eigenvalue weighted by atomic mass is 16.5. The molecule has 5 N–H and O–H groups in total. The number of imide groups is 1. The van der Waals surface area contributed by atoms with Crippen LogP contribution in [0.4, 0.5) is 10.5 Å². The standard InChI is InChI=1S/C17H21N5O5.C3H8/c1-19-16(26)20-15(25)17(9-23)7-11-6-10(14(24)21-18)2-3-12(11)22-4-5-27-8-13(17)22;1-3-2/h2-3,6,9,13H,4-5,7-8,18H2,1H3,(H,21,24)(H2,19,20,25,26);3H2,1-2H3/t13?,17-;/m0./s1. The molecular weight excluding hydrogens is 390 g/mol. The third-order valence-corrected chi connectivity index (χ3v) is 5.08. The van der Waals surface area contributed by atoms with Crippen LogP contribution >= 0.6 is 0 Å². The third kappa shape index (κ3) is 4.44. The van der Waals surface area contributed by atoms with Gasteiger partial charge >= 0.3 is 6.03 Å². The predicted octanol–water partition coefficient (Wildman–Crippen LogP) is 0.109. The van der Waals surface area contributed by atoms with Crippen LogP contribution in [-0.4, -0.2) is 57.0 Å². The minimum absolute atomic E-state index is 0.0326. The lowest BCUT2D eigenvalue weighted by atomic mass is 9.71. The van der Waals surface area contributed by atoms with E-state index in [1.807, 2.05) is 4.90 Å². The Balaban J connectivity index is 0.00000101. The molecule has 2 heterocycles. The number of morpholine rings is 1. The van der Waals surface area contributed by atoms with E-state index in [1.165, 1.54) is 13.5 Å². The van der Waals surface area contributed by atoms with Crippen LogP contribution < -0.4 is 26.8 Å². The summed E-state index contributed by atoms with van der Waals surface area (Å²) in [4.78, 5) is 50.5. The van der Waals surface area contributed by atoms with Gasteiger partial charge < -0.3 is 19.7 Å². The minimum atomic E-state index is -1.53. The Morgan fingerprint density at radius 2 is 2.03 bits per heavy atom. The van der Waals surface area contributed by atoms with Gasteiger partial charge in [0.25, 0.3) is 5.91 Å². The van der Waals surface area contributed by atoms with Crippen molar-refractivity contribution in [2.45, 2.75) is 32.7 Å². The van der Waals surface area contributed by atoms with Crippen molar-refractivity contribution in [2.75, 3.05) is 31.7 Å². The third-order valence-electron chi connectivity index (χ3n) is 5.08. The van der Waals surface area contributed by atoms with E-state index in [4.69, 9.17) is 10.6 Å². The zero-order chi connectivity index (χ0) is 22.3. The molecule has 10 heteroatoms.